The van der Waals surface area contributed by atoms with Gasteiger partial charge in [-0.25, -0.2) is 0 Å². The lowest BCUT2D eigenvalue weighted by molar-refractivity contribution is 0.0374. The monoisotopic (exact) mass is 359 g/mol. The van der Waals surface area contributed by atoms with Gasteiger partial charge in [-0.2, -0.15) is 0 Å². The van der Waals surface area contributed by atoms with E-state index in [0.29, 0.717) is 0 Å². The van der Waals surface area contributed by atoms with Crippen molar-refractivity contribution in [3.8, 4) is 0 Å². The SMILES string of the molecule is C[C@@H]1CCCN(Cc2ccc(C(=O)NCCCN3CCOCC3)cc2)C1. The number of piperidine rings is 1. The maximum absolute atomic E-state index is 12.3. The molecule has 0 aromatic heterocycles. The van der Waals surface area contributed by atoms with E-state index in [1.807, 2.05) is 12.1 Å². The molecule has 1 atom stereocenters. The van der Waals surface area contributed by atoms with Crippen molar-refractivity contribution in [1.82, 2.24) is 15.1 Å². The average molecular weight is 360 g/mol. The van der Waals surface area contributed by atoms with Crippen molar-refractivity contribution >= 4 is 5.91 Å². The van der Waals surface area contributed by atoms with Gasteiger partial charge >= 0.3 is 0 Å². The fourth-order valence-electron chi connectivity index (χ4n) is 3.88. The Hall–Kier alpha value is -1.43. The first-order valence-corrected chi connectivity index (χ1v) is 10.1. The fraction of sp³-hybridized carbons (Fsp3) is 0.667. The van der Waals surface area contributed by atoms with Gasteiger partial charge in [0.15, 0.2) is 0 Å². The number of ether oxygens (including phenoxy) is 1. The van der Waals surface area contributed by atoms with Gasteiger partial charge in [0.05, 0.1) is 13.2 Å². The maximum Gasteiger partial charge on any atom is 0.251 e. The van der Waals surface area contributed by atoms with E-state index in [-0.39, 0.29) is 5.91 Å². The minimum Gasteiger partial charge on any atom is -0.379 e. The van der Waals surface area contributed by atoms with Crippen molar-refractivity contribution in [2.45, 2.75) is 32.7 Å². The molecule has 1 aromatic carbocycles. The summed E-state index contributed by atoms with van der Waals surface area (Å²) < 4.78 is 5.35. The lowest BCUT2D eigenvalue weighted by atomic mass is 9.99. The molecule has 144 valence electrons. The first-order valence-electron chi connectivity index (χ1n) is 10.1. The normalized spacial score (nSPS) is 22.3. The smallest absolute Gasteiger partial charge is 0.251 e. The quantitative estimate of drug-likeness (QED) is 0.759. The molecule has 0 unspecified atom stereocenters. The number of amides is 1. The molecule has 2 heterocycles. The summed E-state index contributed by atoms with van der Waals surface area (Å²) in [5.41, 5.74) is 2.05. The fourth-order valence-corrected chi connectivity index (χ4v) is 3.88. The van der Waals surface area contributed by atoms with Crippen LogP contribution in [0, 0.1) is 5.92 Å². The summed E-state index contributed by atoms with van der Waals surface area (Å²) in [5, 5.41) is 3.04. The van der Waals surface area contributed by atoms with Gasteiger partial charge in [0.1, 0.15) is 0 Å². The zero-order valence-corrected chi connectivity index (χ0v) is 16.1. The average Bonchev–Trinajstić information content (AvgIpc) is 2.66. The summed E-state index contributed by atoms with van der Waals surface area (Å²) in [6, 6.07) is 8.11. The highest BCUT2D eigenvalue weighted by Gasteiger charge is 2.16. The molecular weight excluding hydrogens is 326 g/mol. The number of carbonyl (C=O) groups excluding carboxylic acids is 1. The highest BCUT2D eigenvalue weighted by molar-refractivity contribution is 5.94. The van der Waals surface area contributed by atoms with Crippen LogP contribution >= 0.6 is 0 Å². The highest BCUT2D eigenvalue weighted by atomic mass is 16.5. The molecule has 1 aromatic rings. The van der Waals surface area contributed by atoms with Gasteiger partial charge in [-0.3, -0.25) is 14.6 Å². The third-order valence-electron chi connectivity index (χ3n) is 5.40. The van der Waals surface area contributed by atoms with Crippen LogP contribution in [0.5, 0.6) is 0 Å². The van der Waals surface area contributed by atoms with Crippen molar-refractivity contribution in [2.75, 3.05) is 52.5 Å². The summed E-state index contributed by atoms with van der Waals surface area (Å²) in [6.45, 7) is 11.1. The molecular formula is C21H33N3O2. The third kappa shape index (κ3) is 6.08. The Morgan fingerprint density at radius 3 is 2.65 bits per heavy atom. The van der Waals surface area contributed by atoms with Crippen LogP contribution in [0.4, 0.5) is 0 Å². The number of likely N-dealkylation sites (tertiary alicyclic amines) is 1. The number of morpholine rings is 1. The molecule has 0 spiro atoms. The molecule has 1 N–H and O–H groups in total. The molecule has 5 nitrogen and oxygen atoms in total. The van der Waals surface area contributed by atoms with Crippen LogP contribution < -0.4 is 5.32 Å². The Balaban J connectivity index is 1.37. The van der Waals surface area contributed by atoms with Gasteiger partial charge in [0, 0.05) is 38.3 Å². The largest absolute Gasteiger partial charge is 0.379 e. The van der Waals surface area contributed by atoms with E-state index in [4.69, 9.17) is 4.74 Å². The molecule has 0 bridgehead atoms. The van der Waals surface area contributed by atoms with Crippen molar-refractivity contribution in [3.05, 3.63) is 35.4 Å². The lowest BCUT2D eigenvalue weighted by Gasteiger charge is -2.30. The van der Waals surface area contributed by atoms with Gasteiger partial charge in [0.2, 0.25) is 0 Å². The van der Waals surface area contributed by atoms with Gasteiger partial charge in [-0.1, -0.05) is 19.1 Å². The summed E-state index contributed by atoms with van der Waals surface area (Å²) in [7, 11) is 0. The molecule has 2 fully saturated rings. The van der Waals surface area contributed by atoms with Crippen molar-refractivity contribution in [1.29, 1.82) is 0 Å². The molecule has 2 aliphatic heterocycles. The third-order valence-corrected chi connectivity index (χ3v) is 5.40. The second-order valence-corrected chi connectivity index (χ2v) is 7.74. The van der Waals surface area contributed by atoms with Crippen molar-refractivity contribution in [2.24, 2.45) is 5.92 Å². The molecule has 0 aliphatic carbocycles. The van der Waals surface area contributed by atoms with Gasteiger partial charge in [-0.05, 0) is 56.0 Å². The highest BCUT2D eigenvalue weighted by Crippen LogP contribution is 2.18. The number of benzene rings is 1. The summed E-state index contributed by atoms with van der Waals surface area (Å²) in [6.07, 6.45) is 3.63. The number of hydrogen-bond donors (Lipinski definition) is 1. The Bertz CT molecular complexity index is 555. The van der Waals surface area contributed by atoms with Crippen LogP contribution in [0.15, 0.2) is 24.3 Å². The second kappa shape index (κ2) is 10.0. The van der Waals surface area contributed by atoms with Crippen LogP contribution in [0.1, 0.15) is 42.1 Å². The van der Waals surface area contributed by atoms with E-state index in [1.165, 1.54) is 31.5 Å². The summed E-state index contributed by atoms with van der Waals surface area (Å²) in [5.74, 6) is 0.830. The Morgan fingerprint density at radius 1 is 1.15 bits per heavy atom. The predicted molar refractivity (Wildman–Crippen MR) is 104 cm³/mol. The molecule has 2 aliphatic rings. The number of nitrogens with zero attached hydrogens (tertiary/aromatic N) is 2. The molecule has 0 radical (unpaired) electrons. The van der Waals surface area contributed by atoms with Crippen molar-refractivity contribution in [3.63, 3.8) is 0 Å². The van der Waals surface area contributed by atoms with E-state index in [1.54, 1.807) is 0 Å². The second-order valence-electron chi connectivity index (χ2n) is 7.74. The lowest BCUT2D eigenvalue weighted by Crippen LogP contribution is -2.38. The Kier molecular flexibility index (Phi) is 7.47. The van der Waals surface area contributed by atoms with Crippen LogP contribution in [0.25, 0.3) is 0 Å². The maximum atomic E-state index is 12.3. The summed E-state index contributed by atoms with van der Waals surface area (Å²) in [4.78, 5) is 17.2. The predicted octanol–water partition coefficient (Wildman–Crippen LogP) is 2.37. The Morgan fingerprint density at radius 2 is 1.92 bits per heavy atom. The minimum atomic E-state index is 0.0325. The van der Waals surface area contributed by atoms with Gasteiger partial charge < -0.3 is 10.1 Å². The van der Waals surface area contributed by atoms with E-state index in [0.717, 1.165) is 63.8 Å². The molecule has 2 saturated heterocycles. The molecule has 26 heavy (non-hydrogen) atoms. The Labute approximate surface area is 157 Å². The molecule has 1 amide bonds. The number of rotatable bonds is 7. The number of carbonyl (C=O) groups is 1. The number of nitrogens with one attached hydrogen (secondary N) is 1. The van der Waals surface area contributed by atoms with Gasteiger partial charge in [0.25, 0.3) is 5.91 Å². The molecule has 3 rings (SSSR count). The van der Waals surface area contributed by atoms with E-state index in [9.17, 15) is 4.79 Å². The standard InChI is InChI=1S/C21H33N3O2/c1-18-4-2-10-24(16-18)17-19-5-7-20(8-6-19)21(25)22-9-3-11-23-12-14-26-15-13-23/h5-8,18H,2-4,9-17H2,1H3,(H,22,25)/t18-/m1/s1. The first kappa shape index (κ1) is 19.3. The first-order chi connectivity index (χ1) is 12.7. The van der Waals surface area contributed by atoms with Crippen LogP contribution in [-0.2, 0) is 11.3 Å². The molecule has 0 saturated carbocycles. The zero-order chi connectivity index (χ0) is 18.2. The van der Waals surface area contributed by atoms with Crippen LogP contribution in [0.3, 0.4) is 0 Å². The van der Waals surface area contributed by atoms with E-state index in [2.05, 4.69) is 34.2 Å². The minimum absolute atomic E-state index is 0.0325. The topological polar surface area (TPSA) is 44.8 Å². The zero-order valence-electron chi connectivity index (χ0n) is 16.1. The van der Waals surface area contributed by atoms with Crippen LogP contribution in [-0.4, -0.2) is 68.2 Å². The number of hydrogen-bond acceptors (Lipinski definition) is 4. The van der Waals surface area contributed by atoms with Crippen molar-refractivity contribution < 1.29 is 9.53 Å². The molecule has 5 heteroatoms. The van der Waals surface area contributed by atoms with E-state index >= 15 is 0 Å². The van der Waals surface area contributed by atoms with E-state index < -0.39 is 0 Å². The summed E-state index contributed by atoms with van der Waals surface area (Å²) >= 11 is 0. The van der Waals surface area contributed by atoms with Crippen LogP contribution in [0.2, 0.25) is 0 Å². The van der Waals surface area contributed by atoms with Gasteiger partial charge in [-0.15, -0.1) is 0 Å².